The molecule has 2 N–H and O–H groups in total. The topological polar surface area (TPSA) is 122 Å². The van der Waals surface area contributed by atoms with E-state index in [4.69, 9.17) is 5.73 Å². The van der Waals surface area contributed by atoms with E-state index in [0.717, 1.165) is 0 Å². The van der Waals surface area contributed by atoms with Gasteiger partial charge in [-0.1, -0.05) is 35.2 Å². The Kier molecular flexibility index (Phi) is 6.25. The quantitative estimate of drug-likeness (QED) is 0.517. The number of hydrogen-bond donors (Lipinski definition) is 1. The Bertz CT molecular complexity index is 1180. The molecule has 11 heteroatoms. The lowest BCUT2D eigenvalue weighted by Crippen LogP contribution is -2.38. The van der Waals surface area contributed by atoms with Crippen LogP contribution in [0.25, 0.3) is 0 Å². The number of methoxy groups -OCH3 is 1. The Balaban J connectivity index is 1.79. The van der Waals surface area contributed by atoms with E-state index in [9.17, 15) is 19.2 Å². The van der Waals surface area contributed by atoms with Crippen molar-refractivity contribution < 1.29 is 18.7 Å². The number of nitrogens with two attached hydrogens (primary N) is 1. The molecule has 2 aromatic rings. The number of benzene rings is 1. The zero-order valence-corrected chi connectivity index (χ0v) is 18.6. The Morgan fingerprint density at radius 1 is 1.38 bits per heavy atom. The SMILES string of the molecule is COC(=O)CSc1nnc(N2C(N)=C(C#N)C(c3ccc(F)cc3)C3=C2CCCC3=O)s1. The number of halogens is 1. The summed E-state index contributed by atoms with van der Waals surface area (Å²) in [6.45, 7) is 0. The first-order chi connectivity index (χ1) is 15.4. The Morgan fingerprint density at radius 2 is 2.12 bits per heavy atom. The number of ether oxygens (including phenoxy) is 1. The van der Waals surface area contributed by atoms with Crippen molar-refractivity contribution in [2.24, 2.45) is 5.73 Å². The van der Waals surface area contributed by atoms with Crippen LogP contribution in [0.2, 0.25) is 0 Å². The van der Waals surface area contributed by atoms with Crippen molar-refractivity contribution in [3.05, 3.63) is 58.3 Å². The van der Waals surface area contributed by atoms with Gasteiger partial charge in [0.1, 0.15) is 11.6 Å². The van der Waals surface area contributed by atoms with Crippen LogP contribution in [-0.4, -0.2) is 34.8 Å². The van der Waals surface area contributed by atoms with Gasteiger partial charge in [-0.3, -0.25) is 14.5 Å². The van der Waals surface area contributed by atoms with Gasteiger partial charge in [0, 0.05) is 17.7 Å². The lowest BCUT2D eigenvalue weighted by atomic mass is 9.76. The van der Waals surface area contributed by atoms with Crippen LogP contribution in [0, 0.1) is 17.1 Å². The van der Waals surface area contributed by atoms with E-state index >= 15 is 0 Å². The summed E-state index contributed by atoms with van der Waals surface area (Å²) < 4.78 is 18.7. The molecule has 0 fully saturated rings. The maximum atomic E-state index is 13.5. The number of anilines is 1. The van der Waals surface area contributed by atoms with Gasteiger partial charge in [0.25, 0.3) is 0 Å². The van der Waals surface area contributed by atoms with Gasteiger partial charge >= 0.3 is 5.97 Å². The molecule has 1 aromatic carbocycles. The standard InChI is InChI=1S/C21H18FN5O3S2/c1-30-16(29)10-31-21-26-25-20(32-21)27-14-3-2-4-15(28)18(14)17(13(9-23)19(27)24)11-5-7-12(22)8-6-11/h5-8,17H,2-4,10,24H2,1H3. The molecule has 1 atom stereocenters. The predicted octanol–water partition coefficient (Wildman–Crippen LogP) is 3.25. The third kappa shape index (κ3) is 3.99. The monoisotopic (exact) mass is 471 g/mol. The first-order valence-electron chi connectivity index (χ1n) is 9.69. The second-order valence-electron chi connectivity index (χ2n) is 7.08. The average Bonchev–Trinajstić information content (AvgIpc) is 3.26. The van der Waals surface area contributed by atoms with E-state index in [-0.39, 0.29) is 28.9 Å². The van der Waals surface area contributed by atoms with Crippen molar-refractivity contribution >= 4 is 40.0 Å². The Hall–Kier alpha value is -3.23. The third-order valence-electron chi connectivity index (χ3n) is 5.24. The van der Waals surface area contributed by atoms with Crippen LogP contribution < -0.4 is 10.6 Å². The minimum absolute atomic E-state index is 0.0735. The molecule has 164 valence electrons. The van der Waals surface area contributed by atoms with Gasteiger partial charge in [-0.15, -0.1) is 10.2 Å². The fourth-order valence-electron chi connectivity index (χ4n) is 3.82. The average molecular weight is 472 g/mol. The smallest absolute Gasteiger partial charge is 0.316 e. The Morgan fingerprint density at radius 3 is 2.81 bits per heavy atom. The molecule has 32 heavy (non-hydrogen) atoms. The number of ketones is 1. The molecule has 2 aliphatic rings. The second-order valence-corrected chi connectivity index (χ2v) is 9.26. The van der Waals surface area contributed by atoms with Crippen molar-refractivity contribution in [1.82, 2.24) is 10.2 Å². The van der Waals surface area contributed by atoms with Crippen molar-refractivity contribution in [3.8, 4) is 6.07 Å². The molecular formula is C21H18FN5O3S2. The Labute approximate surface area is 191 Å². The molecule has 1 aliphatic carbocycles. The third-order valence-corrected chi connectivity index (χ3v) is 7.26. The summed E-state index contributed by atoms with van der Waals surface area (Å²) in [5.74, 6) is -1.29. The van der Waals surface area contributed by atoms with Crippen LogP contribution in [0.1, 0.15) is 30.7 Å². The maximum Gasteiger partial charge on any atom is 0.316 e. The summed E-state index contributed by atoms with van der Waals surface area (Å²) in [4.78, 5) is 26.1. The number of nitriles is 1. The van der Waals surface area contributed by atoms with Crippen LogP contribution in [0.5, 0.6) is 0 Å². The minimum atomic E-state index is -0.666. The van der Waals surface area contributed by atoms with E-state index in [0.29, 0.717) is 45.6 Å². The lowest BCUT2D eigenvalue weighted by Gasteiger charge is -2.38. The number of allylic oxidation sites excluding steroid dienone is 3. The molecule has 0 radical (unpaired) electrons. The van der Waals surface area contributed by atoms with Gasteiger partial charge in [0.05, 0.1) is 30.4 Å². The summed E-state index contributed by atoms with van der Waals surface area (Å²) >= 11 is 2.38. The van der Waals surface area contributed by atoms with Gasteiger partial charge < -0.3 is 10.5 Å². The number of esters is 1. The van der Waals surface area contributed by atoms with Crippen LogP contribution in [0.4, 0.5) is 9.52 Å². The number of carbonyl (C=O) groups is 2. The summed E-state index contributed by atoms with van der Waals surface area (Å²) in [7, 11) is 1.31. The first-order valence-corrected chi connectivity index (χ1v) is 11.5. The number of nitrogens with zero attached hydrogens (tertiary/aromatic N) is 4. The van der Waals surface area contributed by atoms with E-state index in [1.807, 2.05) is 0 Å². The van der Waals surface area contributed by atoms with Crippen molar-refractivity contribution in [3.63, 3.8) is 0 Å². The number of hydrogen-bond acceptors (Lipinski definition) is 10. The predicted molar refractivity (Wildman–Crippen MR) is 117 cm³/mol. The van der Waals surface area contributed by atoms with Crippen molar-refractivity contribution in [1.29, 1.82) is 5.26 Å². The summed E-state index contributed by atoms with van der Waals surface area (Å²) in [5, 5.41) is 18.7. The summed E-state index contributed by atoms with van der Waals surface area (Å²) in [6.07, 6.45) is 1.57. The summed E-state index contributed by atoms with van der Waals surface area (Å²) in [6, 6.07) is 7.89. The van der Waals surface area contributed by atoms with Crippen LogP contribution >= 0.6 is 23.1 Å². The molecule has 0 saturated heterocycles. The minimum Gasteiger partial charge on any atom is -0.468 e. The van der Waals surface area contributed by atoms with E-state index in [1.54, 1.807) is 17.0 Å². The van der Waals surface area contributed by atoms with E-state index < -0.39 is 11.7 Å². The molecule has 4 rings (SSSR count). The van der Waals surface area contributed by atoms with Gasteiger partial charge in [0.15, 0.2) is 10.1 Å². The normalized spacial score (nSPS) is 18.5. The highest BCUT2D eigenvalue weighted by molar-refractivity contribution is 8.01. The largest absolute Gasteiger partial charge is 0.468 e. The van der Waals surface area contributed by atoms with Crippen LogP contribution in [-0.2, 0) is 14.3 Å². The fraction of sp³-hybridized carbons (Fsp3) is 0.286. The highest BCUT2D eigenvalue weighted by atomic mass is 32.2. The first kappa shape index (κ1) is 22.0. The van der Waals surface area contributed by atoms with Gasteiger partial charge in [-0.2, -0.15) is 5.26 Å². The lowest BCUT2D eigenvalue weighted by molar-refractivity contribution is -0.137. The van der Waals surface area contributed by atoms with Gasteiger partial charge in [-0.05, 0) is 30.5 Å². The number of Topliss-reactive ketones (excluding diaryl/α,β-unsaturated/α-hetero) is 1. The molecule has 0 saturated carbocycles. The molecule has 1 aromatic heterocycles. The number of rotatable bonds is 5. The van der Waals surface area contributed by atoms with E-state index in [1.165, 1.54) is 42.3 Å². The number of aromatic nitrogens is 2. The molecule has 0 bridgehead atoms. The summed E-state index contributed by atoms with van der Waals surface area (Å²) in [5.41, 5.74) is 8.43. The zero-order chi connectivity index (χ0) is 22.8. The second kappa shape index (κ2) is 9.10. The molecule has 8 nitrogen and oxygen atoms in total. The van der Waals surface area contributed by atoms with Gasteiger partial charge in [0.2, 0.25) is 5.13 Å². The van der Waals surface area contributed by atoms with Crippen LogP contribution in [0.15, 0.2) is 51.3 Å². The van der Waals surface area contributed by atoms with Crippen molar-refractivity contribution in [2.75, 3.05) is 17.8 Å². The highest BCUT2D eigenvalue weighted by Crippen LogP contribution is 2.47. The molecule has 0 amide bonds. The molecule has 2 heterocycles. The van der Waals surface area contributed by atoms with Crippen molar-refractivity contribution in [2.45, 2.75) is 29.5 Å². The molecular weight excluding hydrogens is 453 g/mol. The zero-order valence-electron chi connectivity index (χ0n) is 17.0. The van der Waals surface area contributed by atoms with Gasteiger partial charge in [-0.25, -0.2) is 4.39 Å². The highest BCUT2D eigenvalue weighted by Gasteiger charge is 2.41. The maximum absolute atomic E-state index is 13.5. The fourth-order valence-corrected chi connectivity index (χ4v) is 5.54. The number of carbonyl (C=O) groups excluding carboxylic acids is 2. The number of thioether (sulfide) groups is 1. The molecule has 0 spiro atoms. The van der Waals surface area contributed by atoms with Crippen LogP contribution in [0.3, 0.4) is 0 Å². The molecule has 1 aliphatic heterocycles. The van der Waals surface area contributed by atoms with E-state index in [2.05, 4.69) is 21.0 Å². The molecule has 1 unspecified atom stereocenters.